The van der Waals surface area contributed by atoms with E-state index in [4.69, 9.17) is 0 Å². The number of piperidine rings is 1. The maximum atomic E-state index is 13.1. The van der Waals surface area contributed by atoms with Crippen LogP contribution < -0.4 is 26.6 Å². The summed E-state index contributed by atoms with van der Waals surface area (Å²) in [5, 5.41) is 14.5. The highest BCUT2D eigenvalue weighted by Crippen LogP contribution is 2.22. The zero-order valence-corrected chi connectivity index (χ0v) is 25.3. The second-order valence-electron chi connectivity index (χ2n) is 11.4. The SMILES string of the molecule is O=C(CCCCCNC(=O)Nc1ccccc1)NC1CCN(C(=O)Nc2nccnc2C(=O)NC2Cc3ccccc3C2)CC1. The van der Waals surface area contributed by atoms with Crippen molar-refractivity contribution in [2.45, 2.75) is 63.5 Å². The van der Waals surface area contributed by atoms with Crippen LogP contribution in [0, 0.1) is 0 Å². The monoisotopic (exact) mass is 612 g/mol. The number of hydrogen-bond donors (Lipinski definition) is 5. The van der Waals surface area contributed by atoms with Gasteiger partial charge in [-0.25, -0.2) is 19.6 Å². The fraction of sp³-hybridized carbons (Fsp3) is 0.394. The molecule has 1 aliphatic heterocycles. The van der Waals surface area contributed by atoms with Crippen molar-refractivity contribution in [3.63, 3.8) is 0 Å². The third kappa shape index (κ3) is 9.24. The number of urea groups is 2. The summed E-state index contributed by atoms with van der Waals surface area (Å²) < 4.78 is 0. The molecule has 1 aliphatic carbocycles. The number of likely N-dealkylation sites (tertiary alicyclic amines) is 1. The Balaban J connectivity index is 0.966. The molecule has 236 valence electrons. The van der Waals surface area contributed by atoms with Crippen molar-refractivity contribution in [3.8, 4) is 0 Å². The van der Waals surface area contributed by atoms with Gasteiger partial charge in [0.15, 0.2) is 11.5 Å². The number of anilines is 2. The van der Waals surface area contributed by atoms with E-state index in [9.17, 15) is 19.2 Å². The number of amides is 6. The number of nitrogens with zero attached hydrogens (tertiary/aromatic N) is 3. The first-order valence-corrected chi connectivity index (χ1v) is 15.6. The predicted molar refractivity (Wildman–Crippen MR) is 171 cm³/mol. The molecule has 12 nitrogen and oxygen atoms in total. The van der Waals surface area contributed by atoms with Crippen LogP contribution >= 0.6 is 0 Å². The first-order chi connectivity index (χ1) is 21.9. The number of para-hydroxylation sites is 1. The van der Waals surface area contributed by atoms with Gasteiger partial charge in [0.25, 0.3) is 5.91 Å². The summed E-state index contributed by atoms with van der Waals surface area (Å²) in [7, 11) is 0. The number of rotatable bonds is 11. The molecule has 0 spiro atoms. The lowest BCUT2D eigenvalue weighted by Crippen LogP contribution is -2.48. The smallest absolute Gasteiger partial charge is 0.323 e. The number of carbonyl (C=O) groups is 4. The molecule has 0 radical (unpaired) electrons. The fourth-order valence-corrected chi connectivity index (χ4v) is 5.70. The second-order valence-corrected chi connectivity index (χ2v) is 11.4. The summed E-state index contributed by atoms with van der Waals surface area (Å²) in [6.45, 7) is 1.47. The second kappa shape index (κ2) is 15.6. The summed E-state index contributed by atoms with van der Waals surface area (Å²) in [4.78, 5) is 60.5. The minimum atomic E-state index is -0.373. The van der Waals surface area contributed by atoms with E-state index in [1.807, 2.05) is 42.5 Å². The number of carbonyl (C=O) groups excluding carboxylic acids is 4. The highest BCUT2D eigenvalue weighted by molar-refractivity contribution is 6.00. The van der Waals surface area contributed by atoms with Gasteiger partial charge in [-0.15, -0.1) is 0 Å². The van der Waals surface area contributed by atoms with Gasteiger partial charge in [0, 0.05) is 56.2 Å². The molecule has 1 aromatic heterocycles. The summed E-state index contributed by atoms with van der Waals surface area (Å²) in [5.41, 5.74) is 3.27. The Labute approximate surface area is 262 Å². The summed E-state index contributed by atoms with van der Waals surface area (Å²) >= 11 is 0. The maximum Gasteiger partial charge on any atom is 0.323 e. The molecule has 1 fully saturated rings. The number of nitrogens with one attached hydrogen (secondary N) is 5. The molecular formula is C33H40N8O4. The van der Waals surface area contributed by atoms with Gasteiger partial charge in [0.1, 0.15) is 0 Å². The Morgan fingerprint density at radius 1 is 0.756 bits per heavy atom. The molecule has 3 aromatic rings. The van der Waals surface area contributed by atoms with Gasteiger partial charge in [-0.3, -0.25) is 14.9 Å². The van der Waals surface area contributed by atoms with Crippen LogP contribution in [0.25, 0.3) is 0 Å². The van der Waals surface area contributed by atoms with Crippen LogP contribution in [0.3, 0.4) is 0 Å². The lowest BCUT2D eigenvalue weighted by molar-refractivity contribution is -0.122. The predicted octanol–water partition coefficient (Wildman–Crippen LogP) is 3.87. The maximum absolute atomic E-state index is 13.1. The van der Waals surface area contributed by atoms with E-state index in [0.717, 1.165) is 37.8 Å². The van der Waals surface area contributed by atoms with E-state index >= 15 is 0 Å². The molecule has 12 heteroatoms. The molecule has 5 N–H and O–H groups in total. The largest absolute Gasteiger partial charge is 0.353 e. The van der Waals surface area contributed by atoms with Crippen molar-refractivity contribution in [2.75, 3.05) is 30.3 Å². The normalized spacial score (nSPS) is 14.7. The van der Waals surface area contributed by atoms with Gasteiger partial charge in [-0.2, -0.15) is 0 Å². The molecule has 2 aliphatic rings. The zero-order chi connectivity index (χ0) is 31.4. The molecular weight excluding hydrogens is 572 g/mol. The molecule has 2 aromatic carbocycles. The average Bonchev–Trinajstić information content (AvgIpc) is 3.46. The van der Waals surface area contributed by atoms with Crippen LogP contribution in [0.1, 0.15) is 60.1 Å². The van der Waals surface area contributed by atoms with Crippen LogP contribution in [-0.4, -0.2) is 70.5 Å². The number of hydrogen-bond acceptors (Lipinski definition) is 6. The Morgan fingerprint density at radius 2 is 1.44 bits per heavy atom. The van der Waals surface area contributed by atoms with Crippen molar-refractivity contribution >= 4 is 35.4 Å². The average molecular weight is 613 g/mol. The van der Waals surface area contributed by atoms with Crippen LogP contribution in [0.2, 0.25) is 0 Å². The molecule has 0 bridgehead atoms. The minimum absolute atomic E-state index is 0.00158. The Morgan fingerprint density at radius 3 is 2.18 bits per heavy atom. The van der Waals surface area contributed by atoms with Gasteiger partial charge < -0.3 is 26.2 Å². The van der Waals surface area contributed by atoms with Gasteiger partial charge in [0.05, 0.1) is 0 Å². The number of unbranched alkanes of at least 4 members (excludes halogenated alkanes) is 2. The van der Waals surface area contributed by atoms with E-state index in [2.05, 4.69) is 48.7 Å². The van der Waals surface area contributed by atoms with E-state index in [1.165, 1.54) is 23.5 Å². The Kier molecular flexibility index (Phi) is 10.9. The van der Waals surface area contributed by atoms with Gasteiger partial charge in [0.2, 0.25) is 5.91 Å². The number of aromatic nitrogens is 2. The molecule has 1 saturated heterocycles. The Bertz CT molecular complexity index is 1450. The van der Waals surface area contributed by atoms with Crippen molar-refractivity contribution in [2.24, 2.45) is 0 Å². The van der Waals surface area contributed by atoms with Gasteiger partial charge in [-0.05, 0) is 61.8 Å². The number of benzene rings is 2. The topological polar surface area (TPSA) is 157 Å². The van der Waals surface area contributed by atoms with Crippen molar-refractivity contribution in [3.05, 3.63) is 83.8 Å². The quantitative estimate of drug-likeness (QED) is 0.207. The standard InChI is InChI=1S/C33H40N8O4/c42-28(13-5-2-8-16-36-32(44)39-25-11-3-1-4-12-25)37-26-14-19-41(20-15-26)33(45)40-30-29(34-17-18-35-30)31(43)38-27-21-23-9-6-7-10-24(23)22-27/h1,3-4,6-7,9-12,17-18,26-27H,2,5,8,13-16,19-22H2,(H,37,42)(H,38,43)(H,35,40,45)(H2,36,39,44). The van der Waals surface area contributed by atoms with Gasteiger partial charge >= 0.3 is 12.1 Å². The van der Waals surface area contributed by atoms with Crippen LogP contribution in [0.4, 0.5) is 21.1 Å². The number of fused-ring (bicyclic) bond motifs is 1. The Hall–Kier alpha value is -5.00. The van der Waals surface area contributed by atoms with Crippen LogP contribution in [-0.2, 0) is 17.6 Å². The van der Waals surface area contributed by atoms with Crippen molar-refractivity contribution < 1.29 is 19.2 Å². The van der Waals surface area contributed by atoms with Crippen molar-refractivity contribution in [1.29, 1.82) is 0 Å². The minimum Gasteiger partial charge on any atom is -0.353 e. The molecule has 0 saturated carbocycles. The van der Waals surface area contributed by atoms with E-state index in [1.54, 1.807) is 4.90 Å². The lowest BCUT2D eigenvalue weighted by Gasteiger charge is -2.32. The van der Waals surface area contributed by atoms with E-state index in [-0.39, 0.29) is 47.5 Å². The van der Waals surface area contributed by atoms with Crippen molar-refractivity contribution in [1.82, 2.24) is 30.8 Å². The first kappa shape index (κ1) is 31.4. The lowest BCUT2D eigenvalue weighted by atomic mass is 10.0. The highest BCUT2D eigenvalue weighted by atomic mass is 16.2. The van der Waals surface area contributed by atoms with Crippen LogP contribution in [0.5, 0.6) is 0 Å². The van der Waals surface area contributed by atoms with Crippen LogP contribution in [0.15, 0.2) is 67.0 Å². The van der Waals surface area contributed by atoms with E-state index < -0.39 is 0 Å². The zero-order valence-electron chi connectivity index (χ0n) is 25.3. The first-order valence-electron chi connectivity index (χ1n) is 15.6. The van der Waals surface area contributed by atoms with E-state index in [0.29, 0.717) is 38.9 Å². The summed E-state index contributed by atoms with van der Waals surface area (Å²) in [5.74, 6) is -0.256. The molecule has 5 rings (SSSR count). The third-order valence-electron chi connectivity index (χ3n) is 8.07. The molecule has 0 unspecified atom stereocenters. The highest BCUT2D eigenvalue weighted by Gasteiger charge is 2.27. The molecule has 2 heterocycles. The summed E-state index contributed by atoms with van der Waals surface area (Å²) in [6, 6.07) is 16.8. The molecule has 6 amide bonds. The summed E-state index contributed by atoms with van der Waals surface area (Å²) in [6.07, 6.45) is 8.42. The molecule has 0 atom stereocenters. The fourth-order valence-electron chi connectivity index (χ4n) is 5.70. The molecule has 45 heavy (non-hydrogen) atoms. The third-order valence-corrected chi connectivity index (χ3v) is 8.07. The van der Waals surface area contributed by atoms with Gasteiger partial charge in [-0.1, -0.05) is 48.9 Å².